The fourth-order valence-electron chi connectivity index (χ4n) is 2.11. The molecule has 1 aliphatic heterocycles. The summed E-state index contributed by atoms with van der Waals surface area (Å²) in [6.07, 6.45) is 4.61. The normalized spacial score (nSPS) is 17.2. The minimum Gasteiger partial charge on any atom is -0.299 e. The van der Waals surface area contributed by atoms with Gasteiger partial charge in [0.25, 0.3) is 0 Å². The van der Waals surface area contributed by atoms with Crippen LogP contribution >= 0.6 is 11.6 Å². The highest BCUT2D eigenvalue weighted by atomic mass is 35.5. The summed E-state index contributed by atoms with van der Waals surface area (Å²) in [5, 5.41) is 0. The van der Waals surface area contributed by atoms with Crippen molar-refractivity contribution in [3.63, 3.8) is 0 Å². The van der Waals surface area contributed by atoms with Crippen LogP contribution in [0.5, 0.6) is 0 Å². The largest absolute Gasteiger partial charge is 0.299 e. The molecule has 86 valence electrons. The minimum absolute atomic E-state index is 0.770. The lowest BCUT2D eigenvalue weighted by Gasteiger charge is -2.26. The number of benzene rings is 1. The summed E-state index contributed by atoms with van der Waals surface area (Å²) >= 11 is 5.70. The fraction of sp³-hybridized carbons (Fsp3) is 0.429. The summed E-state index contributed by atoms with van der Waals surface area (Å²) in [5.74, 6) is 0.770. The van der Waals surface area contributed by atoms with Crippen molar-refractivity contribution >= 4 is 17.2 Å². The second-order valence-corrected chi connectivity index (χ2v) is 4.57. The number of halogens is 1. The van der Waals surface area contributed by atoms with E-state index in [1.807, 2.05) is 0 Å². The van der Waals surface area contributed by atoms with Crippen LogP contribution in [0, 0.1) is 0 Å². The van der Waals surface area contributed by atoms with E-state index < -0.39 is 0 Å². The Morgan fingerprint density at radius 3 is 2.62 bits per heavy atom. The fourth-order valence-corrected chi connectivity index (χ4v) is 2.23. The van der Waals surface area contributed by atoms with E-state index >= 15 is 0 Å². The van der Waals surface area contributed by atoms with E-state index in [4.69, 9.17) is 11.6 Å². The highest BCUT2D eigenvalue weighted by Crippen LogP contribution is 2.21. The lowest BCUT2D eigenvalue weighted by molar-refractivity contribution is 0.303. The number of hydrogen-bond acceptors (Lipinski definition) is 1. The first kappa shape index (κ1) is 11.7. The topological polar surface area (TPSA) is 3.24 Å². The number of nitrogens with zero attached hydrogens (tertiary/aromatic N) is 1. The van der Waals surface area contributed by atoms with Gasteiger partial charge in [-0.2, -0.15) is 0 Å². The van der Waals surface area contributed by atoms with E-state index in [9.17, 15) is 0 Å². The van der Waals surface area contributed by atoms with Gasteiger partial charge >= 0.3 is 0 Å². The highest BCUT2D eigenvalue weighted by Gasteiger charge is 2.11. The molecule has 1 nitrogen and oxygen atoms in total. The van der Waals surface area contributed by atoms with Gasteiger partial charge in [0.1, 0.15) is 0 Å². The highest BCUT2D eigenvalue weighted by molar-refractivity contribution is 6.17. The number of rotatable bonds is 4. The first-order valence-corrected chi connectivity index (χ1v) is 6.46. The van der Waals surface area contributed by atoms with E-state index in [0.717, 1.165) is 38.4 Å². The molecule has 0 spiro atoms. The summed E-state index contributed by atoms with van der Waals surface area (Å²) in [4.78, 5) is 2.47. The van der Waals surface area contributed by atoms with Gasteiger partial charge in [-0.05, 0) is 30.5 Å². The van der Waals surface area contributed by atoms with Crippen molar-refractivity contribution in [3.05, 3.63) is 42.0 Å². The predicted octanol–water partition coefficient (Wildman–Crippen LogP) is 3.40. The Balaban J connectivity index is 1.93. The lowest BCUT2D eigenvalue weighted by Crippen LogP contribution is -2.29. The Hall–Kier alpha value is -0.790. The van der Waals surface area contributed by atoms with E-state index in [0.29, 0.717) is 0 Å². The summed E-state index contributed by atoms with van der Waals surface area (Å²) < 4.78 is 0. The number of alkyl halides is 1. The molecule has 1 aromatic rings. The van der Waals surface area contributed by atoms with Crippen molar-refractivity contribution in [2.45, 2.75) is 12.8 Å². The third kappa shape index (κ3) is 3.10. The zero-order chi connectivity index (χ0) is 11.2. The van der Waals surface area contributed by atoms with Crippen molar-refractivity contribution in [1.29, 1.82) is 0 Å². The van der Waals surface area contributed by atoms with Gasteiger partial charge in [0, 0.05) is 19.0 Å². The van der Waals surface area contributed by atoms with Gasteiger partial charge in [-0.3, -0.25) is 4.90 Å². The summed E-state index contributed by atoms with van der Waals surface area (Å²) in [7, 11) is 0. The molecule has 0 saturated carbocycles. The number of hydrogen-bond donors (Lipinski definition) is 0. The molecule has 0 unspecified atom stereocenters. The van der Waals surface area contributed by atoms with Gasteiger partial charge in [0.15, 0.2) is 0 Å². The summed E-state index contributed by atoms with van der Waals surface area (Å²) in [5.41, 5.74) is 2.86. The second-order valence-electron chi connectivity index (χ2n) is 4.19. The van der Waals surface area contributed by atoms with Gasteiger partial charge < -0.3 is 0 Å². The van der Waals surface area contributed by atoms with E-state index in [-0.39, 0.29) is 0 Å². The van der Waals surface area contributed by atoms with Crippen LogP contribution in [0.2, 0.25) is 0 Å². The van der Waals surface area contributed by atoms with Gasteiger partial charge in [-0.25, -0.2) is 0 Å². The molecule has 0 N–H and O–H groups in total. The molecule has 0 fully saturated rings. The van der Waals surface area contributed by atoms with Crippen molar-refractivity contribution in [1.82, 2.24) is 4.90 Å². The zero-order valence-corrected chi connectivity index (χ0v) is 10.3. The molecule has 2 heteroatoms. The Kier molecular flexibility index (Phi) is 4.44. The van der Waals surface area contributed by atoms with Gasteiger partial charge in [-0.1, -0.05) is 36.4 Å². The van der Waals surface area contributed by atoms with Crippen molar-refractivity contribution < 1.29 is 0 Å². The molecule has 1 aromatic carbocycles. The SMILES string of the molecule is ClCCCN1CC=C(c2ccccc2)CC1. The molecular formula is C14H18ClN. The molecule has 0 saturated heterocycles. The molecule has 0 radical (unpaired) electrons. The average molecular weight is 236 g/mol. The van der Waals surface area contributed by atoms with Crippen LogP contribution in [-0.2, 0) is 0 Å². The quantitative estimate of drug-likeness (QED) is 0.723. The van der Waals surface area contributed by atoms with Crippen LogP contribution in [0.1, 0.15) is 18.4 Å². The van der Waals surface area contributed by atoms with Crippen molar-refractivity contribution in [2.75, 3.05) is 25.5 Å². The first-order valence-electron chi connectivity index (χ1n) is 5.93. The Morgan fingerprint density at radius 1 is 1.19 bits per heavy atom. The average Bonchev–Trinajstić information content (AvgIpc) is 2.38. The molecule has 1 heterocycles. The first-order chi connectivity index (χ1) is 7.90. The maximum atomic E-state index is 5.70. The maximum Gasteiger partial charge on any atom is 0.0235 e. The van der Waals surface area contributed by atoms with Crippen LogP contribution in [-0.4, -0.2) is 30.4 Å². The molecule has 0 aliphatic carbocycles. The summed E-state index contributed by atoms with van der Waals surface area (Å²) in [6.45, 7) is 3.36. The Bertz CT molecular complexity index is 345. The lowest BCUT2D eigenvalue weighted by atomic mass is 9.99. The molecule has 1 aliphatic rings. The predicted molar refractivity (Wildman–Crippen MR) is 70.8 cm³/mol. The summed E-state index contributed by atoms with van der Waals surface area (Å²) in [6, 6.07) is 10.7. The van der Waals surface area contributed by atoms with E-state index in [1.54, 1.807) is 0 Å². The van der Waals surface area contributed by atoms with Crippen molar-refractivity contribution in [2.24, 2.45) is 0 Å². The van der Waals surface area contributed by atoms with Crippen LogP contribution in [0.4, 0.5) is 0 Å². The van der Waals surface area contributed by atoms with E-state index in [1.165, 1.54) is 11.1 Å². The maximum absolute atomic E-state index is 5.70. The Labute approximate surface area is 103 Å². The minimum atomic E-state index is 0.770. The molecular weight excluding hydrogens is 218 g/mol. The Morgan fingerprint density at radius 2 is 2.00 bits per heavy atom. The van der Waals surface area contributed by atoms with E-state index in [2.05, 4.69) is 41.3 Å². The van der Waals surface area contributed by atoms with Crippen LogP contribution in [0.25, 0.3) is 5.57 Å². The van der Waals surface area contributed by atoms with Gasteiger partial charge in [-0.15, -0.1) is 11.6 Å². The van der Waals surface area contributed by atoms with Gasteiger partial charge in [0.05, 0.1) is 0 Å². The molecule has 0 aromatic heterocycles. The third-order valence-electron chi connectivity index (χ3n) is 3.05. The van der Waals surface area contributed by atoms with Crippen LogP contribution in [0.15, 0.2) is 36.4 Å². The molecule has 0 atom stereocenters. The van der Waals surface area contributed by atoms with Gasteiger partial charge in [0.2, 0.25) is 0 Å². The zero-order valence-electron chi connectivity index (χ0n) is 9.53. The van der Waals surface area contributed by atoms with Crippen LogP contribution in [0.3, 0.4) is 0 Å². The smallest absolute Gasteiger partial charge is 0.0235 e. The molecule has 16 heavy (non-hydrogen) atoms. The van der Waals surface area contributed by atoms with Crippen LogP contribution < -0.4 is 0 Å². The second kappa shape index (κ2) is 6.07. The molecule has 0 amide bonds. The van der Waals surface area contributed by atoms with Crippen molar-refractivity contribution in [3.8, 4) is 0 Å². The standard InChI is InChI=1S/C14H18ClN/c15-9-4-10-16-11-7-14(8-12-16)13-5-2-1-3-6-13/h1-3,5-7H,4,8-12H2. The molecule has 0 bridgehead atoms. The monoisotopic (exact) mass is 235 g/mol. The third-order valence-corrected chi connectivity index (χ3v) is 3.31. The molecule has 2 rings (SSSR count).